The highest BCUT2D eigenvalue weighted by Crippen LogP contribution is 2.53. The van der Waals surface area contributed by atoms with E-state index in [-0.39, 0.29) is 5.91 Å². The van der Waals surface area contributed by atoms with Crippen molar-refractivity contribution in [3.8, 4) is 0 Å². The number of halogens is 1. The summed E-state index contributed by atoms with van der Waals surface area (Å²) in [5, 5.41) is 4.56. The lowest BCUT2D eigenvalue weighted by molar-refractivity contribution is 0.0898. The van der Waals surface area contributed by atoms with Gasteiger partial charge in [0.25, 0.3) is 5.91 Å². The number of thioether (sulfide) groups is 1. The van der Waals surface area contributed by atoms with Crippen LogP contribution in [0.25, 0.3) is 0 Å². The molecule has 24 heavy (non-hydrogen) atoms. The molecule has 0 aliphatic heterocycles. The van der Waals surface area contributed by atoms with Crippen molar-refractivity contribution in [3.05, 3.63) is 22.8 Å². The van der Waals surface area contributed by atoms with E-state index in [1.807, 2.05) is 6.07 Å². The van der Waals surface area contributed by atoms with E-state index in [9.17, 15) is 4.79 Å². The van der Waals surface area contributed by atoms with E-state index < -0.39 is 0 Å². The van der Waals surface area contributed by atoms with Crippen LogP contribution in [0.4, 0.5) is 0 Å². The molecule has 1 aromatic heterocycles. The second-order valence-electron chi connectivity index (χ2n) is 7.67. The van der Waals surface area contributed by atoms with Crippen LogP contribution in [0.1, 0.15) is 55.8 Å². The lowest BCUT2D eigenvalue weighted by Crippen LogP contribution is -2.42. The summed E-state index contributed by atoms with van der Waals surface area (Å²) in [5.74, 6) is 4.35. The Bertz CT molecular complexity index is 638. The monoisotopic (exact) mass is 364 g/mol. The summed E-state index contributed by atoms with van der Waals surface area (Å²) in [6.07, 6.45) is 7.95. The van der Waals surface area contributed by atoms with Crippen LogP contribution in [0.15, 0.2) is 17.2 Å². The predicted molar refractivity (Wildman–Crippen MR) is 98.6 cm³/mol. The van der Waals surface area contributed by atoms with Crippen LogP contribution >= 0.6 is 23.4 Å². The van der Waals surface area contributed by atoms with E-state index in [0.717, 1.165) is 35.0 Å². The maximum Gasteiger partial charge on any atom is 0.254 e. The highest BCUT2D eigenvalue weighted by atomic mass is 35.5. The first-order valence-corrected chi connectivity index (χ1v) is 10.6. The Hall–Kier alpha value is -0.740. The van der Waals surface area contributed by atoms with Gasteiger partial charge in [-0.15, -0.1) is 11.8 Å². The van der Waals surface area contributed by atoms with Gasteiger partial charge in [-0.25, -0.2) is 4.98 Å². The number of carbonyl (C=O) groups excluding carboxylic acids is 1. The Labute approximate surface area is 153 Å². The first kappa shape index (κ1) is 16.7. The van der Waals surface area contributed by atoms with Crippen LogP contribution in [-0.2, 0) is 0 Å². The number of amides is 1. The molecule has 1 N–H and O–H groups in total. The molecule has 0 aromatic carbocycles. The summed E-state index contributed by atoms with van der Waals surface area (Å²) in [6.45, 7) is 2.06. The lowest BCUT2D eigenvalue weighted by atomic mass is 9.77. The summed E-state index contributed by atoms with van der Waals surface area (Å²) in [7, 11) is 0. The number of nitrogens with zero attached hydrogens (tertiary/aromatic N) is 1. The molecule has 3 fully saturated rings. The summed E-state index contributed by atoms with van der Waals surface area (Å²) < 4.78 is 0. The Morgan fingerprint density at radius 3 is 2.83 bits per heavy atom. The molecule has 5 heteroatoms. The standard InChI is InChI=1S/C19H25ClN2OS/c1-2-24-19-15(4-6-17(20)22-19)18(23)21-16-5-3-12-7-11-8-13(12)10-14(16)9-11/h4,6,11-14,16H,2-3,5,7-10H2,1H3,(H,21,23). The van der Waals surface area contributed by atoms with Crippen molar-refractivity contribution < 1.29 is 4.79 Å². The molecule has 1 heterocycles. The van der Waals surface area contributed by atoms with E-state index >= 15 is 0 Å². The average molecular weight is 365 g/mol. The zero-order valence-electron chi connectivity index (χ0n) is 14.1. The largest absolute Gasteiger partial charge is 0.349 e. The maximum absolute atomic E-state index is 12.9. The molecule has 5 atom stereocenters. The Balaban J connectivity index is 1.50. The number of hydrogen-bond donors (Lipinski definition) is 1. The highest BCUT2D eigenvalue weighted by molar-refractivity contribution is 7.99. The fraction of sp³-hybridized carbons (Fsp3) is 0.684. The highest BCUT2D eigenvalue weighted by Gasteiger charge is 2.45. The smallest absolute Gasteiger partial charge is 0.254 e. The molecule has 3 nitrogen and oxygen atoms in total. The van der Waals surface area contributed by atoms with Gasteiger partial charge < -0.3 is 5.32 Å². The van der Waals surface area contributed by atoms with Crippen molar-refractivity contribution in [3.63, 3.8) is 0 Å². The Morgan fingerprint density at radius 1 is 1.21 bits per heavy atom. The number of aromatic nitrogens is 1. The maximum atomic E-state index is 12.9. The van der Waals surface area contributed by atoms with Crippen LogP contribution in [-0.4, -0.2) is 22.7 Å². The minimum atomic E-state index is 0.0258. The van der Waals surface area contributed by atoms with E-state index in [1.165, 1.54) is 32.1 Å². The normalized spacial score (nSPS) is 34.2. The van der Waals surface area contributed by atoms with Crippen molar-refractivity contribution >= 4 is 29.3 Å². The molecule has 3 aliphatic rings. The summed E-state index contributed by atoms with van der Waals surface area (Å²) in [6, 6.07) is 3.87. The molecule has 0 radical (unpaired) electrons. The van der Waals surface area contributed by atoms with Gasteiger partial charge in [-0.1, -0.05) is 18.5 Å². The Kier molecular flexibility index (Phi) is 4.79. The lowest BCUT2D eigenvalue weighted by Gasteiger charge is -2.33. The van der Waals surface area contributed by atoms with E-state index in [1.54, 1.807) is 17.8 Å². The van der Waals surface area contributed by atoms with Gasteiger partial charge >= 0.3 is 0 Å². The van der Waals surface area contributed by atoms with Crippen LogP contribution in [0.3, 0.4) is 0 Å². The van der Waals surface area contributed by atoms with Gasteiger partial charge in [-0.2, -0.15) is 0 Å². The van der Waals surface area contributed by atoms with Gasteiger partial charge in [0.05, 0.1) is 5.56 Å². The van der Waals surface area contributed by atoms with Crippen LogP contribution in [0.2, 0.25) is 5.15 Å². The number of pyridine rings is 1. The molecule has 5 unspecified atom stereocenters. The van der Waals surface area contributed by atoms with Crippen molar-refractivity contribution in [1.82, 2.24) is 10.3 Å². The van der Waals surface area contributed by atoms with Gasteiger partial charge in [-0.05, 0) is 80.1 Å². The number of hydrogen-bond acceptors (Lipinski definition) is 3. The number of nitrogens with one attached hydrogen (secondary N) is 1. The number of fused-ring (bicyclic) bond motifs is 2. The molecule has 130 valence electrons. The molecule has 3 bridgehead atoms. The van der Waals surface area contributed by atoms with E-state index in [2.05, 4.69) is 17.2 Å². The minimum absolute atomic E-state index is 0.0258. The number of rotatable bonds is 4. The number of carbonyl (C=O) groups is 1. The Morgan fingerprint density at radius 2 is 2.00 bits per heavy atom. The fourth-order valence-corrected chi connectivity index (χ4v) is 6.27. The molecule has 3 aliphatic carbocycles. The summed E-state index contributed by atoms with van der Waals surface area (Å²) >= 11 is 7.58. The van der Waals surface area contributed by atoms with Crippen LogP contribution in [0, 0.1) is 23.7 Å². The third-order valence-electron chi connectivity index (χ3n) is 6.27. The summed E-state index contributed by atoms with van der Waals surface area (Å²) in [4.78, 5) is 17.2. The fourth-order valence-electron chi connectivity index (χ4n) is 5.32. The van der Waals surface area contributed by atoms with E-state index in [0.29, 0.717) is 22.7 Å². The van der Waals surface area contributed by atoms with Gasteiger partial charge in [-0.3, -0.25) is 4.79 Å². The average Bonchev–Trinajstić information content (AvgIpc) is 2.78. The zero-order chi connectivity index (χ0) is 16.7. The van der Waals surface area contributed by atoms with Crippen molar-refractivity contribution in [2.75, 3.05) is 5.75 Å². The minimum Gasteiger partial charge on any atom is -0.349 e. The van der Waals surface area contributed by atoms with Crippen molar-refractivity contribution in [1.29, 1.82) is 0 Å². The van der Waals surface area contributed by atoms with Gasteiger partial charge in [0.2, 0.25) is 0 Å². The first-order chi connectivity index (χ1) is 11.6. The van der Waals surface area contributed by atoms with Crippen molar-refractivity contribution in [2.45, 2.75) is 56.5 Å². The molecule has 3 saturated carbocycles. The second kappa shape index (κ2) is 6.87. The molecule has 1 aromatic rings. The second-order valence-corrected chi connectivity index (χ2v) is 9.31. The first-order valence-electron chi connectivity index (χ1n) is 9.24. The van der Waals surface area contributed by atoms with Gasteiger partial charge in [0, 0.05) is 6.04 Å². The molecule has 4 rings (SSSR count). The molecule has 1 amide bonds. The molecular weight excluding hydrogens is 340 g/mol. The van der Waals surface area contributed by atoms with Gasteiger partial charge in [0.15, 0.2) is 0 Å². The molecular formula is C19H25ClN2OS. The zero-order valence-corrected chi connectivity index (χ0v) is 15.7. The molecule has 0 saturated heterocycles. The summed E-state index contributed by atoms with van der Waals surface area (Å²) in [5.41, 5.74) is 0.674. The third kappa shape index (κ3) is 3.20. The SMILES string of the molecule is CCSc1nc(Cl)ccc1C(=O)NC1CCC2CC3CC2CC1C3. The van der Waals surface area contributed by atoms with E-state index in [4.69, 9.17) is 11.6 Å². The van der Waals surface area contributed by atoms with Crippen LogP contribution < -0.4 is 5.32 Å². The predicted octanol–water partition coefficient (Wildman–Crippen LogP) is 4.79. The van der Waals surface area contributed by atoms with Crippen molar-refractivity contribution in [2.24, 2.45) is 23.7 Å². The topological polar surface area (TPSA) is 42.0 Å². The molecule has 0 spiro atoms. The van der Waals surface area contributed by atoms with Crippen LogP contribution in [0.5, 0.6) is 0 Å². The van der Waals surface area contributed by atoms with Gasteiger partial charge in [0.1, 0.15) is 10.2 Å². The third-order valence-corrected chi connectivity index (χ3v) is 7.35. The quantitative estimate of drug-likeness (QED) is 0.616.